The topological polar surface area (TPSA) is 58.6 Å². The monoisotopic (exact) mass is 367 g/mol. The van der Waals surface area contributed by atoms with Gasteiger partial charge < -0.3 is 15.2 Å². The Morgan fingerprint density at radius 3 is 2.44 bits per heavy atom. The molecule has 2 N–H and O–H groups in total. The zero-order valence-electron chi connectivity index (χ0n) is 16.1. The molecule has 144 valence electrons. The predicted molar refractivity (Wildman–Crippen MR) is 110 cm³/mol. The Bertz CT molecular complexity index is 708. The fraction of sp³-hybridized carbons (Fsp3) is 0.348. The summed E-state index contributed by atoms with van der Waals surface area (Å²) in [5, 5.41) is 12.4. The molecule has 2 rings (SSSR count). The van der Waals surface area contributed by atoms with Crippen LogP contribution in [0, 0.1) is 11.8 Å². The Hall–Kier alpha value is -2.59. The molecule has 2 aromatic rings. The highest BCUT2D eigenvalue weighted by molar-refractivity contribution is 5.70. The van der Waals surface area contributed by atoms with Crippen molar-refractivity contribution in [3.63, 3.8) is 0 Å². The molecule has 0 radical (unpaired) electrons. The van der Waals surface area contributed by atoms with Gasteiger partial charge in [-0.05, 0) is 35.6 Å². The van der Waals surface area contributed by atoms with Crippen LogP contribution in [-0.4, -0.2) is 24.2 Å². The molecular weight excluding hydrogens is 338 g/mol. The second kappa shape index (κ2) is 11.2. The lowest BCUT2D eigenvalue weighted by Crippen LogP contribution is -2.29. The van der Waals surface area contributed by atoms with E-state index < -0.39 is 5.97 Å². The Balaban J connectivity index is 1.73. The van der Waals surface area contributed by atoms with Gasteiger partial charge in [0.1, 0.15) is 12.4 Å². The van der Waals surface area contributed by atoms with Gasteiger partial charge in [0.05, 0.1) is 5.92 Å². The number of hydrogen-bond acceptors (Lipinski definition) is 3. The Kier molecular flexibility index (Phi) is 8.59. The van der Waals surface area contributed by atoms with E-state index in [4.69, 9.17) is 4.74 Å². The number of ether oxygens (including phenoxy) is 1. The molecule has 4 nitrogen and oxygen atoms in total. The standard InChI is InChI=1S/C23H29NO3/c1-18(2)15-21(23(25)26)16-24-14-6-9-19-10-12-22(13-11-19)27-17-20-7-4-3-5-8-20/h3-13,18,21,24H,14-17H2,1-2H3,(H,25,26)/b9-6+. The number of nitrogens with one attached hydrogen (secondary N) is 1. The number of carboxylic acids is 1. The highest BCUT2D eigenvalue weighted by atomic mass is 16.5. The summed E-state index contributed by atoms with van der Waals surface area (Å²) in [4.78, 5) is 11.2. The summed E-state index contributed by atoms with van der Waals surface area (Å²) in [6.45, 7) is 5.78. The molecule has 0 fully saturated rings. The maximum absolute atomic E-state index is 11.2. The quantitative estimate of drug-likeness (QED) is 0.569. The van der Waals surface area contributed by atoms with Crippen molar-refractivity contribution in [1.82, 2.24) is 5.32 Å². The van der Waals surface area contributed by atoms with Crippen molar-refractivity contribution in [2.24, 2.45) is 11.8 Å². The highest BCUT2D eigenvalue weighted by Crippen LogP contribution is 2.15. The predicted octanol–water partition coefficient (Wildman–Crippen LogP) is 4.62. The molecule has 1 atom stereocenters. The van der Waals surface area contributed by atoms with Crippen LogP contribution in [0.1, 0.15) is 31.4 Å². The molecule has 4 heteroatoms. The Morgan fingerprint density at radius 2 is 1.81 bits per heavy atom. The van der Waals surface area contributed by atoms with E-state index in [-0.39, 0.29) is 5.92 Å². The molecule has 0 aliphatic carbocycles. The first-order chi connectivity index (χ1) is 13.0. The summed E-state index contributed by atoms with van der Waals surface area (Å²) in [6, 6.07) is 18.0. The molecule has 0 aliphatic heterocycles. The van der Waals surface area contributed by atoms with Crippen molar-refractivity contribution >= 4 is 12.0 Å². The summed E-state index contributed by atoms with van der Waals surface area (Å²) in [7, 11) is 0. The van der Waals surface area contributed by atoms with Crippen LogP contribution >= 0.6 is 0 Å². The second-order valence-corrected chi connectivity index (χ2v) is 7.07. The van der Waals surface area contributed by atoms with Gasteiger partial charge in [-0.25, -0.2) is 0 Å². The van der Waals surface area contributed by atoms with E-state index >= 15 is 0 Å². The molecule has 0 aliphatic rings. The van der Waals surface area contributed by atoms with Gasteiger partial charge in [-0.15, -0.1) is 0 Å². The van der Waals surface area contributed by atoms with Crippen molar-refractivity contribution in [2.45, 2.75) is 26.9 Å². The molecule has 0 bridgehead atoms. The smallest absolute Gasteiger partial charge is 0.307 e. The largest absolute Gasteiger partial charge is 0.489 e. The average molecular weight is 367 g/mol. The van der Waals surface area contributed by atoms with Gasteiger partial charge in [-0.3, -0.25) is 4.79 Å². The second-order valence-electron chi connectivity index (χ2n) is 7.07. The molecule has 1 unspecified atom stereocenters. The van der Waals surface area contributed by atoms with E-state index in [1.165, 1.54) is 0 Å². The fourth-order valence-electron chi connectivity index (χ4n) is 2.79. The Morgan fingerprint density at radius 1 is 1.11 bits per heavy atom. The lowest BCUT2D eigenvalue weighted by atomic mass is 9.97. The molecule has 0 saturated carbocycles. The van der Waals surface area contributed by atoms with Crippen molar-refractivity contribution in [3.05, 3.63) is 71.8 Å². The van der Waals surface area contributed by atoms with E-state index in [0.29, 0.717) is 32.0 Å². The third kappa shape index (κ3) is 8.09. The van der Waals surface area contributed by atoms with Gasteiger partial charge in [0, 0.05) is 13.1 Å². The van der Waals surface area contributed by atoms with Gasteiger partial charge in [0.2, 0.25) is 0 Å². The van der Waals surface area contributed by atoms with Gasteiger partial charge in [0.25, 0.3) is 0 Å². The highest BCUT2D eigenvalue weighted by Gasteiger charge is 2.17. The van der Waals surface area contributed by atoms with E-state index in [1.807, 2.05) is 80.6 Å². The van der Waals surface area contributed by atoms with Gasteiger partial charge >= 0.3 is 5.97 Å². The van der Waals surface area contributed by atoms with Crippen LogP contribution in [0.3, 0.4) is 0 Å². The summed E-state index contributed by atoms with van der Waals surface area (Å²) >= 11 is 0. The summed E-state index contributed by atoms with van der Waals surface area (Å²) in [5.41, 5.74) is 2.23. The summed E-state index contributed by atoms with van der Waals surface area (Å²) in [5.74, 6) is 0.156. The van der Waals surface area contributed by atoms with Gasteiger partial charge in [-0.1, -0.05) is 68.5 Å². The summed E-state index contributed by atoms with van der Waals surface area (Å²) in [6.07, 6.45) is 4.72. The number of rotatable bonds is 11. The first-order valence-corrected chi connectivity index (χ1v) is 9.41. The maximum atomic E-state index is 11.2. The minimum Gasteiger partial charge on any atom is -0.489 e. The van der Waals surface area contributed by atoms with Crippen LogP contribution in [0.15, 0.2) is 60.7 Å². The van der Waals surface area contributed by atoms with Gasteiger partial charge in [-0.2, -0.15) is 0 Å². The van der Waals surface area contributed by atoms with Crippen LogP contribution in [0.4, 0.5) is 0 Å². The molecule has 0 amide bonds. The molecule has 0 heterocycles. The number of carboxylic acid groups (broad SMARTS) is 1. The third-order valence-corrected chi connectivity index (χ3v) is 4.20. The van der Waals surface area contributed by atoms with E-state index in [2.05, 4.69) is 5.32 Å². The van der Waals surface area contributed by atoms with E-state index in [0.717, 1.165) is 16.9 Å². The van der Waals surface area contributed by atoms with Gasteiger partial charge in [0.15, 0.2) is 0 Å². The summed E-state index contributed by atoms with van der Waals surface area (Å²) < 4.78 is 5.78. The normalized spacial score (nSPS) is 12.4. The van der Waals surface area contributed by atoms with Crippen molar-refractivity contribution in [2.75, 3.05) is 13.1 Å². The van der Waals surface area contributed by atoms with Crippen LogP contribution in [0.25, 0.3) is 6.08 Å². The first kappa shape index (κ1) is 20.7. The van der Waals surface area contributed by atoms with Crippen LogP contribution in [0.2, 0.25) is 0 Å². The number of benzene rings is 2. The van der Waals surface area contributed by atoms with Crippen LogP contribution in [-0.2, 0) is 11.4 Å². The Labute approximate surface area is 161 Å². The zero-order chi connectivity index (χ0) is 19.5. The van der Waals surface area contributed by atoms with Crippen molar-refractivity contribution in [3.8, 4) is 5.75 Å². The lowest BCUT2D eigenvalue weighted by Gasteiger charge is -2.14. The van der Waals surface area contributed by atoms with Crippen molar-refractivity contribution in [1.29, 1.82) is 0 Å². The average Bonchev–Trinajstić information content (AvgIpc) is 2.66. The minimum absolute atomic E-state index is 0.334. The van der Waals surface area contributed by atoms with Crippen molar-refractivity contribution < 1.29 is 14.6 Å². The number of carbonyl (C=O) groups is 1. The number of aliphatic carboxylic acids is 1. The van der Waals surface area contributed by atoms with E-state index in [1.54, 1.807) is 0 Å². The maximum Gasteiger partial charge on any atom is 0.307 e. The van der Waals surface area contributed by atoms with Crippen LogP contribution < -0.4 is 10.1 Å². The SMILES string of the molecule is CC(C)CC(CNC/C=C/c1ccc(OCc2ccccc2)cc1)C(=O)O. The van der Waals surface area contributed by atoms with E-state index in [9.17, 15) is 9.90 Å². The molecule has 0 saturated heterocycles. The molecule has 27 heavy (non-hydrogen) atoms. The zero-order valence-corrected chi connectivity index (χ0v) is 16.1. The number of hydrogen-bond donors (Lipinski definition) is 2. The molecule has 2 aromatic carbocycles. The lowest BCUT2D eigenvalue weighted by molar-refractivity contribution is -0.142. The molecule has 0 spiro atoms. The first-order valence-electron chi connectivity index (χ1n) is 9.41. The fourth-order valence-corrected chi connectivity index (χ4v) is 2.79. The van der Waals surface area contributed by atoms with Crippen LogP contribution in [0.5, 0.6) is 5.75 Å². The minimum atomic E-state index is -0.730. The molecular formula is C23H29NO3. The molecule has 0 aromatic heterocycles. The third-order valence-electron chi connectivity index (χ3n) is 4.20.